The minimum Gasteiger partial charge on any atom is -0.406 e. The number of morpholine rings is 1. The van der Waals surface area contributed by atoms with Crippen molar-refractivity contribution >= 4 is 17.5 Å². The zero-order valence-electron chi connectivity index (χ0n) is 12.9. The molecule has 1 fully saturated rings. The number of benzene rings is 1. The Morgan fingerprint density at radius 1 is 1.46 bits per heavy atom. The van der Waals surface area contributed by atoms with Crippen LogP contribution in [0, 0.1) is 0 Å². The molecule has 9 heteroatoms. The molecule has 1 atom stereocenters. The van der Waals surface area contributed by atoms with Crippen molar-refractivity contribution in [2.45, 2.75) is 25.8 Å². The van der Waals surface area contributed by atoms with Gasteiger partial charge < -0.3 is 19.7 Å². The number of nitrogens with one attached hydrogen (secondary N) is 1. The van der Waals surface area contributed by atoms with Crippen LogP contribution in [0.2, 0.25) is 0 Å². The summed E-state index contributed by atoms with van der Waals surface area (Å²) in [5.41, 5.74) is 0.136. The molecule has 1 unspecified atom stereocenters. The Morgan fingerprint density at radius 3 is 2.88 bits per heavy atom. The van der Waals surface area contributed by atoms with Crippen molar-refractivity contribution in [1.82, 2.24) is 4.90 Å². The summed E-state index contributed by atoms with van der Waals surface area (Å²) in [6.07, 6.45) is -5.90. The largest absolute Gasteiger partial charge is 0.573 e. The molecule has 24 heavy (non-hydrogen) atoms. The van der Waals surface area contributed by atoms with Crippen molar-refractivity contribution in [3.05, 3.63) is 24.3 Å². The molecule has 1 aromatic carbocycles. The zero-order chi connectivity index (χ0) is 17.7. The fourth-order valence-electron chi connectivity index (χ4n) is 2.30. The topological polar surface area (TPSA) is 67.9 Å². The van der Waals surface area contributed by atoms with Gasteiger partial charge in [-0.15, -0.1) is 13.2 Å². The third-order valence-electron chi connectivity index (χ3n) is 3.37. The van der Waals surface area contributed by atoms with Gasteiger partial charge in [-0.05, 0) is 19.1 Å². The number of carbonyl (C=O) groups excluding carboxylic acids is 2. The standard InChI is InChI=1S/C15H17F3N2O4/c1-2-20-6-7-23-12(14(20)22)9-13(21)19-10-4-3-5-11(8-10)24-15(16,17)18/h3-5,8,12H,2,6-7,9H2,1H3,(H,19,21). The normalized spacial score (nSPS) is 18.4. The number of hydrogen-bond donors (Lipinski definition) is 1. The highest BCUT2D eigenvalue weighted by atomic mass is 19.4. The minimum atomic E-state index is -4.81. The first-order valence-electron chi connectivity index (χ1n) is 7.34. The molecule has 2 amide bonds. The number of anilines is 1. The summed E-state index contributed by atoms with van der Waals surface area (Å²) in [5.74, 6) is -1.24. The van der Waals surface area contributed by atoms with E-state index in [-0.39, 0.29) is 18.0 Å². The summed E-state index contributed by atoms with van der Waals surface area (Å²) in [6, 6.07) is 4.91. The van der Waals surface area contributed by atoms with E-state index in [0.717, 1.165) is 12.1 Å². The lowest BCUT2D eigenvalue weighted by molar-refractivity contribution is -0.274. The predicted molar refractivity (Wildman–Crippen MR) is 78.4 cm³/mol. The fourth-order valence-corrected chi connectivity index (χ4v) is 2.30. The van der Waals surface area contributed by atoms with Crippen molar-refractivity contribution in [2.75, 3.05) is 25.0 Å². The van der Waals surface area contributed by atoms with Crippen LogP contribution in [0.4, 0.5) is 18.9 Å². The minimum absolute atomic E-state index is 0.136. The molecule has 0 spiro atoms. The van der Waals surface area contributed by atoms with Crippen LogP contribution in [0.5, 0.6) is 5.75 Å². The van der Waals surface area contributed by atoms with Crippen LogP contribution < -0.4 is 10.1 Å². The third kappa shape index (κ3) is 5.12. The number of rotatable bonds is 5. The lowest BCUT2D eigenvalue weighted by atomic mass is 10.1. The van der Waals surface area contributed by atoms with Crippen molar-refractivity contribution < 1.29 is 32.2 Å². The summed E-state index contributed by atoms with van der Waals surface area (Å²) < 4.78 is 45.6. The number of ether oxygens (including phenoxy) is 2. The third-order valence-corrected chi connectivity index (χ3v) is 3.37. The Labute approximate surface area is 136 Å². The molecule has 0 aromatic heterocycles. The molecule has 1 aliphatic rings. The molecule has 132 valence electrons. The molecule has 1 N–H and O–H groups in total. The van der Waals surface area contributed by atoms with Gasteiger partial charge in [0.15, 0.2) is 0 Å². The lowest BCUT2D eigenvalue weighted by Crippen LogP contribution is -2.48. The molecule has 0 aliphatic carbocycles. The van der Waals surface area contributed by atoms with E-state index in [1.165, 1.54) is 12.1 Å². The van der Waals surface area contributed by atoms with Crippen LogP contribution in [0.1, 0.15) is 13.3 Å². The number of nitrogens with zero attached hydrogens (tertiary/aromatic N) is 1. The van der Waals surface area contributed by atoms with Gasteiger partial charge in [-0.2, -0.15) is 0 Å². The first kappa shape index (κ1) is 18.1. The van der Waals surface area contributed by atoms with Crippen molar-refractivity contribution in [2.24, 2.45) is 0 Å². The van der Waals surface area contributed by atoms with Crippen molar-refractivity contribution in [3.63, 3.8) is 0 Å². The van der Waals surface area contributed by atoms with E-state index < -0.39 is 24.1 Å². The maximum absolute atomic E-state index is 12.2. The van der Waals surface area contributed by atoms with Gasteiger partial charge in [-0.3, -0.25) is 9.59 Å². The SMILES string of the molecule is CCN1CCOC(CC(=O)Nc2cccc(OC(F)(F)F)c2)C1=O. The Kier molecular flexibility index (Phi) is 5.66. The van der Waals surface area contributed by atoms with Gasteiger partial charge in [0.2, 0.25) is 5.91 Å². The highest BCUT2D eigenvalue weighted by molar-refractivity contribution is 5.95. The van der Waals surface area contributed by atoms with Gasteiger partial charge >= 0.3 is 6.36 Å². The summed E-state index contributed by atoms with van der Waals surface area (Å²) >= 11 is 0. The Bertz CT molecular complexity index is 607. The molecule has 0 saturated carbocycles. The second-order valence-electron chi connectivity index (χ2n) is 5.11. The number of likely N-dealkylation sites (N-methyl/N-ethyl adjacent to an activating group) is 1. The van der Waals surface area contributed by atoms with Crippen LogP contribution in [-0.4, -0.2) is 48.9 Å². The molecular weight excluding hydrogens is 329 g/mol. The summed E-state index contributed by atoms with van der Waals surface area (Å²) in [7, 11) is 0. The van der Waals surface area contributed by atoms with E-state index in [0.29, 0.717) is 19.7 Å². The van der Waals surface area contributed by atoms with Gasteiger partial charge in [-0.1, -0.05) is 6.07 Å². The first-order valence-corrected chi connectivity index (χ1v) is 7.34. The zero-order valence-corrected chi connectivity index (χ0v) is 12.9. The van der Waals surface area contributed by atoms with E-state index in [2.05, 4.69) is 10.1 Å². The molecule has 6 nitrogen and oxygen atoms in total. The quantitative estimate of drug-likeness (QED) is 0.887. The molecule has 1 saturated heterocycles. The smallest absolute Gasteiger partial charge is 0.406 e. The van der Waals surface area contributed by atoms with Gasteiger partial charge in [0, 0.05) is 24.8 Å². The monoisotopic (exact) mass is 346 g/mol. The lowest BCUT2D eigenvalue weighted by Gasteiger charge is -2.31. The number of alkyl halides is 3. The molecule has 1 aliphatic heterocycles. The van der Waals surface area contributed by atoms with Crippen LogP contribution in [0.3, 0.4) is 0 Å². The van der Waals surface area contributed by atoms with Crippen LogP contribution in [0.15, 0.2) is 24.3 Å². The molecule has 0 bridgehead atoms. The molecule has 0 radical (unpaired) electrons. The highest BCUT2D eigenvalue weighted by Gasteiger charge is 2.32. The fraction of sp³-hybridized carbons (Fsp3) is 0.467. The number of amides is 2. The van der Waals surface area contributed by atoms with Crippen molar-refractivity contribution in [3.8, 4) is 5.75 Å². The molecule has 1 aromatic rings. The van der Waals surface area contributed by atoms with E-state index in [4.69, 9.17) is 4.74 Å². The second-order valence-corrected chi connectivity index (χ2v) is 5.11. The average Bonchev–Trinajstić information content (AvgIpc) is 2.48. The maximum atomic E-state index is 12.2. The number of hydrogen-bond acceptors (Lipinski definition) is 4. The maximum Gasteiger partial charge on any atom is 0.573 e. The Morgan fingerprint density at radius 2 is 2.21 bits per heavy atom. The highest BCUT2D eigenvalue weighted by Crippen LogP contribution is 2.25. The number of halogens is 3. The Balaban J connectivity index is 1.95. The van der Waals surface area contributed by atoms with Gasteiger partial charge in [0.1, 0.15) is 11.9 Å². The summed E-state index contributed by atoms with van der Waals surface area (Å²) in [5, 5.41) is 2.43. The van der Waals surface area contributed by atoms with Gasteiger partial charge in [0.25, 0.3) is 5.91 Å². The summed E-state index contributed by atoms with van der Waals surface area (Å²) in [6.45, 7) is 3.17. The van der Waals surface area contributed by atoms with Crippen LogP contribution in [0.25, 0.3) is 0 Å². The van der Waals surface area contributed by atoms with Gasteiger partial charge in [0.05, 0.1) is 13.0 Å². The van der Waals surface area contributed by atoms with Crippen LogP contribution >= 0.6 is 0 Å². The van der Waals surface area contributed by atoms with E-state index >= 15 is 0 Å². The summed E-state index contributed by atoms with van der Waals surface area (Å²) in [4.78, 5) is 25.6. The molecular formula is C15H17F3N2O4. The Hall–Kier alpha value is -2.29. The van der Waals surface area contributed by atoms with E-state index in [9.17, 15) is 22.8 Å². The van der Waals surface area contributed by atoms with E-state index in [1.807, 2.05) is 6.92 Å². The average molecular weight is 346 g/mol. The predicted octanol–water partition coefficient (Wildman–Crippen LogP) is 2.16. The van der Waals surface area contributed by atoms with Crippen LogP contribution in [-0.2, 0) is 14.3 Å². The molecule has 1 heterocycles. The number of carbonyl (C=O) groups is 2. The van der Waals surface area contributed by atoms with Crippen molar-refractivity contribution in [1.29, 1.82) is 0 Å². The first-order chi connectivity index (χ1) is 11.3. The second kappa shape index (κ2) is 7.52. The van der Waals surface area contributed by atoms with Gasteiger partial charge in [-0.25, -0.2) is 0 Å². The van der Waals surface area contributed by atoms with E-state index in [1.54, 1.807) is 4.90 Å². The molecule has 2 rings (SSSR count).